The van der Waals surface area contributed by atoms with Crippen molar-refractivity contribution in [2.24, 2.45) is 5.92 Å². The van der Waals surface area contributed by atoms with Crippen molar-refractivity contribution in [2.45, 2.75) is 20.3 Å². The molecule has 1 aromatic carbocycles. The summed E-state index contributed by atoms with van der Waals surface area (Å²) in [5, 5.41) is 0.752. The van der Waals surface area contributed by atoms with Gasteiger partial charge in [0.1, 0.15) is 5.82 Å². The Morgan fingerprint density at radius 3 is 2.86 bits per heavy atom. The van der Waals surface area contributed by atoms with Gasteiger partial charge in [0.05, 0.1) is 0 Å². The molecular formula is C12H12ClF. The van der Waals surface area contributed by atoms with E-state index in [2.05, 4.69) is 6.92 Å². The van der Waals surface area contributed by atoms with E-state index in [1.807, 2.05) is 12.1 Å². The van der Waals surface area contributed by atoms with Gasteiger partial charge in [-0.15, -0.1) is 0 Å². The maximum atomic E-state index is 13.3. The third-order valence-corrected chi connectivity index (χ3v) is 2.94. The first-order valence-electron chi connectivity index (χ1n) is 4.74. The van der Waals surface area contributed by atoms with Gasteiger partial charge < -0.3 is 0 Å². The van der Waals surface area contributed by atoms with Crippen molar-refractivity contribution in [1.82, 2.24) is 0 Å². The first kappa shape index (κ1) is 9.72. The first-order valence-corrected chi connectivity index (χ1v) is 5.12. The van der Waals surface area contributed by atoms with Gasteiger partial charge in [0.2, 0.25) is 0 Å². The third kappa shape index (κ3) is 1.57. The number of rotatable bonds is 0. The lowest BCUT2D eigenvalue weighted by Gasteiger charge is -2.19. The van der Waals surface area contributed by atoms with E-state index in [0.29, 0.717) is 11.5 Å². The molecule has 0 saturated carbocycles. The fourth-order valence-corrected chi connectivity index (χ4v) is 2.25. The van der Waals surface area contributed by atoms with Crippen LogP contribution in [0.2, 0.25) is 0 Å². The number of hydrogen-bond donors (Lipinski definition) is 0. The van der Waals surface area contributed by atoms with E-state index < -0.39 is 0 Å². The number of aryl methyl sites for hydroxylation is 1. The van der Waals surface area contributed by atoms with Gasteiger partial charge in [-0.1, -0.05) is 24.6 Å². The highest BCUT2D eigenvalue weighted by Gasteiger charge is 2.17. The van der Waals surface area contributed by atoms with Crippen LogP contribution in [-0.2, 0) is 6.42 Å². The summed E-state index contributed by atoms with van der Waals surface area (Å²) in [6.07, 6.45) is 2.91. The van der Waals surface area contributed by atoms with Crippen LogP contribution in [0.4, 0.5) is 4.39 Å². The largest absolute Gasteiger partial charge is 0.207 e. The molecule has 0 amide bonds. The van der Waals surface area contributed by atoms with Gasteiger partial charge in [0.15, 0.2) is 0 Å². The van der Waals surface area contributed by atoms with Crippen molar-refractivity contribution in [3.8, 4) is 0 Å². The lowest BCUT2D eigenvalue weighted by molar-refractivity contribution is 0.611. The number of hydrogen-bond acceptors (Lipinski definition) is 0. The Morgan fingerprint density at radius 1 is 1.43 bits per heavy atom. The van der Waals surface area contributed by atoms with E-state index in [9.17, 15) is 4.39 Å². The van der Waals surface area contributed by atoms with E-state index in [4.69, 9.17) is 11.6 Å². The Balaban J connectivity index is 2.59. The molecule has 2 heteroatoms. The number of fused-ring (bicyclic) bond motifs is 1. The molecule has 0 N–H and O–H groups in total. The minimum Gasteiger partial charge on any atom is -0.207 e. The van der Waals surface area contributed by atoms with Gasteiger partial charge in [-0.05, 0) is 48.1 Å². The molecule has 14 heavy (non-hydrogen) atoms. The van der Waals surface area contributed by atoms with Crippen LogP contribution in [0, 0.1) is 18.7 Å². The van der Waals surface area contributed by atoms with E-state index in [1.165, 1.54) is 0 Å². The van der Waals surface area contributed by atoms with Crippen molar-refractivity contribution in [3.63, 3.8) is 0 Å². The molecule has 2 rings (SSSR count). The van der Waals surface area contributed by atoms with Crippen LogP contribution in [0.1, 0.15) is 23.6 Å². The molecule has 1 aliphatic rings. The second-order valence-electron chi connectivity index (χ2n) is 3.95. The molecule has 1 unspecified atom stereocenters. The minimum atomic E-state index is -0.137. The van der Waals surface area contributed by atoms with Gasteiger partial charge >= 0.3 is 0 Å². The monoisotopic (exact) mass is 210 g/mol. The summed E-state index contributed by atoms with van der Waals surface area (Å²) < 4.78 is 13.3. The van der Waals surface area contributed by atoms with E-state index in [0.717, 1.165) is 22.6 Å². The van der Waals surface area contributed by atoms with Crippen molar-refractivity contribution in [3.05, 3.63) is 40.7 Å². The Kier molecular flexibility index (Phi) is 2.36. The molecule has 1 aliphatic carbocycles. The summed E-state index contributed by atoms with van der Waals surface area (Å²) in [6, 6.07) is 3.44. The molecule has 0 spiro atoms. The normalized spacial score (nSPS) is 20.3. The maximum Gasteiger partial charge on any atom is 0.126 e. The number of allylic oxidation sites excluding steroid dienone is 1. The highest BCUT2D eigenvalue weighted by Crippen LogP contribution is 2.33. The average Bonchev–Trinajstić information content (AvgIpc) is 2.08. The van der Waals surface area contributed by atoms with Crippen molar-refractivity contribution in [2.75, 3.05) is 0 Å². The molecule has 0 aromatic heterocycles. The summed E-state index contributed by atoms with van der Waals surface area (Å²) >= 11 is 6.11. The quantitative estimate of drug-likeness (QED) is 0.609. The summed E-state index contributed by atoms with van der Waals surface area (Å²) in [6.45, 7) is 3.85. The molecule has 1 atom stereocenters. The van der Waals surface area contributed by atoms with Crippen molar-refractivity contribution in [1.29, 1.82) is 0 Å². The molecule has 0 heterocycles. The Bertz CT molecular complexity index is 407. The second kappa shape index (κ2) is 3.39. The van der Waals surface area contributed by atoms with Gasteiger partial charge in [-0.2, -0.15) is 0 Å². The molecule has 0 radical (unpaired) electrons. The third-order valence-electron chi connectivity index (χ3n) is 2.61. The molecule has 0 saturated heterocycles. The van der Waals surface area contributed by atoms with Gasteiger partial charge in [-0.25, -0.2) is 4.39 Å². The predicted octanol–water partition coefficient (Wildman–Crippen LogP) is 3.91. The maximum absolute atomic E-state index is 13.3. The molecule has 1 aromatic rings. The standard InChI is InChI=1S/C12H12ClF/c1-7-3-9-6-12(14)8(2)5-10(9)11(13)4-7/h4-7H,3H2,1-2H3. The Hall–Kier alpha value is -0.820. The zero-order valence-corrected chi connectivity index (χ0v) is 9.03. The number of benzene rings is 1. The molecule has 0 fully saturated rings. The smallest absolute Gasteiger partial charge is 0.126 e. The van der Waals surface area contributed by atoms with Gasteiger partial charge in [0.25, 0.3) is 0 Å². The summed E-state index contributed by atoms with van der Waals surface area (Å²) in [5.41, 5.74) is 2.67. The minimum absolute atomic E-state index is 0.137. The van der Waals surface area contributed by atoms with Crippen LogP contribution >= 0.6 is 11.6 Å². The fraction of sp³-hybridized carbons (Fsp3) is 0.333. The van der Waals surface area contributed by atoms with Crippen LogP contribution in [0.15, 0.2) is 18.2 Å². The van der Waals surface area contributed by atoms with Crippen LogP contribution in [-0.4, -0.2) is 0 Å². The van der Waals surface area contributed by atoms with Crippen molar-refractivity contribution < 1.29 is 4.39 Å². The average molecular weight is 211 g/mol. The summed E-state index contributed by atoms with van der Waals surface area (Å²) in [4.78, 5) is 0. The van der Waals surface area contributed by atoms with E-state index in [-0.39, 0.29) is 5.82 Å². The van der Waals surface area contributed by atoms with E-state index in [1.54, 1.807) is 13.0 Å². The van der Waals surface area contributed by atoms with Crippen molar-refractivity contribution >= 4 is 16.6 Å². The SMILES string of the molecule is Cc1cc2c(cc1F)CC(C)C=C2Cl. The zero-order chi connectivity index (χ0) is 10.3. The zero-order valence-electron chi connectivity index (χ0n) is 8.27. The predicted molar refractivity (Wildman–Crippen MR) is 57.8 cm³/mol. The molecule has 74 valence electrons. The molecule has 0 nitrogen and oxygen atoms in total. The second-order valence-corrected chi connectivity index (χ2v) is 4.36. The Labute approximate surface area is 88.4 Å². The van der Waals surface area contributed by atoms with Gasteiger partial charge in [-0.3, -0.25) is 0 Å². The van der Waals surface area contributed by atoms with Gasteiger partial charge in [0, 0.05) is 5.03 Å². The lowest BCUT2D eigenvalue weighted by atomic mass is 9.89. The summed E-state index contributed by atoms with van der Waals surface area (Å²) in [7, 11) is 0. The molecule has 0 aliphatic heterocycles. The summed E-state index contributed by atoms with van der Waals surface area (Å²) in [5.74, 6) is 0.263. The topological polar surface area (TPSA) is 0 Å². The number of halogens is 2. The van der Waals surface area contributed by atoms with Crippen LogP contribution in [0.5, 0.6) is 0 Å². The lowest BCUT2D eigenvalue weighted by Crippen LogP contribution is -2.06. The van der Waals surface area contributed by atoms with Crippen LogP contribution in [0.3, 0.4) is 0 Å². The van der Waals surface area contributed by atoms with Crippen LogP contribution in [0.25, 0.3) is 5.03 Å². The molecular weight excluding hydrogens is 199 g/mol. The fourth-order valence-electron chi connectivity index (χ4n) is 1.86. The molecule has 0 bridgehead atoms. The van der Waals surface area contributed by atoms with Crippen LogP contribution < -0.4 is 0 Å². The Morgan fingerprint density at radius 2 is 2.14 bits per heavy atom. The highest BCUT2D eigenvalue weighted by molar-refractivity contribution is 6.49. The van der Waals surface area contributed by atoms with E-state index >= 15 is 0 Å². The first-order chi connectivity index (χ1) is 6.58. The highest BCUT2D eigenvalue weighted by atomic mass is 35.5.